The highest BCUT2D eigenvalue weighted by molar-refractivity contribution is 6.31. The zero-order valence-corrected chi connectivity index (χ0v) is 11.4. The van der Waals surface area contributed by atoms with Crippen LogP contribution in [0.15, 0.2) is 18.2 Å². The van der Waals surface area contributed by atoms with Crippen LogP contribution in [-0.4, -0.2) is 24.0 Å². The lowest BCUT2D eigenvalue weighted by Crippen LogP contribution is -2.47. The third kappa shape index (κ3) is 3.21. The molecule has 1 fully saturated rings. The van der Waals surface area contributed by atoms with Crippen LogP contribution < -0.4 is 5.73 Å². The van der Waals surface area contributed by atoms with Crippen molar-refractivity contribution in [2.24, 2.45) is 11.7 Å². The van der Waals surface area contributed by atoms with Crippen molar-refractivity contribution in [1.29, 1.82) is 0 Å². The Morgan fingerprint density at radius 2 is 2.24 bits per heavy atom. The van der Waals surface area contributed by atoms with Crippen LogP contribution in [0.2, 0.25) is 5.02 Å². The van der Waals surface area contributed by atoms with E-state index >= 15 is 0 Å². The van der Waals surface area contributed by atoms with Crippen LogP contribution in [0.25, 0.3) is 0 Å². The molecule has 1 heterocycles. The lowest BCUT2D eigenvalue weighted by Gasteiger charge is -2.35. The van der Waals surface area contributed by atoms with Gasteiger partial charge in [-0.05, 0) is 43.0 Å². The fourth-order valence-electron chi connectivity index (χ4n) is 2.31. The molecule has 1 aliphatic heterocycles. The molecular weight excluding hydrogens is 232 g/mol. The highest BCUT2D eigenvalue weighted by Gasteiger charge is 2.22. The van der Waals surface area contributed by atoms with E-state index in [1.54, 1.807) is 0 Å². The van der Waals surface area contributed by atoms with Gasteiger partial charge in [0.1, 0.15) is 0 Å². The van der Waals surface area contributed by atoms with Crippen LogP contribution in [0.4, 0.5) is 0 Å². The molecule has 0 bridgehead atoms. The molecule has 1 saturated heterocycles. The number of rotatable bonds is 2. The van der Waals surface area contributed by atoms with Crippen LogP contribution in [0.1, 0.15) is 24.5 Å². The van der Waals surface area contributed by atoms with Crippen LogP contribution in [0.5, 0.6) is 0 Å². The van der Waals surface area contributed by atoms with E-state index < -0.39 is 0 Å². The van der Waals surface area contributed by atoms with Gasteiger partial charge in [0, 0.05) is 24.2 Å². The summed E-state index contributed by atoms with van der Waals surface area (Å²) < 4.78 is 0. The lowest BCUT2D eigenvalue weighted by atomic mass is 9.94. The molecule has 0 aliphatic carbocycles. The number of likely N-dealkylation sites (tertiary alicyclic amines) is 1. The van der Waals surface area contributed by atoms with Crippen LogP contribution in [0, 0.1) is 12.8 Å². The largest absolute Gasteiger partial charge is 0.326 e. The van der Waals surface area contributed by atoms with E-state index in [1.807, 2.05) is 6.92 Å². The number of nitrogens with two attached hydrogens (primary N) is 1. The number of nitrogens with zero attached hydrogens (tertiary/aromatic N) is 1. The summed E-state index contributed by atoms with van der Waals surface area (Å²) in [5.41, 5.74) is 8.53. The Labute approximate surface area is 109 Å². The minimum absolute atomic E-state index is 0.310. The maximum Gasteiger partial charge on any atom is 0.0438 e. The first-order valence-corrected chi connectivity index (χ1v) is 6.67. The van der Waals surface area contributed by atoms with Gasteiger partial charge in [0.25, 0.3) is 0 Å². The van der Waals surface area contributed by atoms with Gasteiger partial charge in [-0.25, -0.2) is 0 Å². The summed E-state index contributed by atoms with van der Waals surface area (Å²) in [5, 5.41) is 0.858. The molecule has 0 amide bonds. The Hall–Kier alpha value is -0.570. The van der Waals surface area contributed by atoms with E-state index in [9.17, 15) is 0 Å². The summed E-state index contributed by atoms with van der Waals surface area (Å²) in [6, 6.07) is 6.62. The predicted molar refractivity (Wildman–Crippen MR) is 73.2 cm³/mol. The molecular formula is C14H21ClN2. The van der Waals surface area contributed by atoms with Gasteiger partial charge in [0.05, 0.1) is 0 Å². The average molecular weight is 253 g/mol. The Kier molecular flexibility index (Phi) is 4.08. The van der Waals surface area contributed by atoms with E-state index in [4.69, 9.17) is 17.3 Å². The second-order valence-corrected chi connectivity index (χ2v) is 5.66. The normalized spacial score (nSPS) is 26.1. The topological polar surface area (TPSA) is 29.3 Å². The molecule has 2 unspecified atom stereocenters. The first kappa shape index (κ1) is 12.9. The first-order valence-electron chi connectivity index (χ1n) is 6.29. The maximum atomic E-state index is 6.14. The second-order valence-electron chi connectivity index (χ2n) is 5.25. The molecule has 3 heteroatoms. The van der Waals surface area contributed by atoms with Crippen molar-refractivity contribution in [1.82, 2.24) is 4.90 Å². The molecule has 1 aliphatic rings. The zero-order valence-electron chi connectivity index (χ0n) is 10.6. The van der Waals surface area contributed by atoms with Crippen molar-refractivity contribution in [2.45, 2.75) is 32.9 Å². The Morgan fingerprint density at radius 1 is 1.47 bits per heavy atom. The highest BCUT2D eigenvalue weighted by atomic mass is 35.5. The maximum absolute atomic E-state index is 6.14. The molecule has 2 nitrogen and oxygen atoms in total. The number of halogens is 1. The van der Waals surface area contributed by atoms with Gasteiger partial charge in [-0.2, -0.15) is 0 Å². The third-order valence-corrected chi connectivity index (χ3v) is 4.15. The molecule has 94 valence electrons. The van der Waals surface area contributed by atoms with Crippen molar-refractivity contribution < 1.29 is 0 Å². The number of aryl methyl sites for hydroxylation is 1. The summed E-state index contributed by atoms with van der Waals surface area (Å²) in [6.45, 7) is 7.36. The van der Waals surface area contributed by atoms with Gasteiger partial charge in [-0.15, -0.1) is 0 Å². The molecule has 1 aromatic carbocycles. The fourth-order valence-corrected chi connectivity index (χ4v) is 2.51. The minimum Gasteiger partial charge on any atom is -0.326 e. The van der Waals surface area contributed by atoms with Gasteiger partial charge in [0.15, 0.2) is 0 Å². The van der Waals surface area contributed by atoms with E-state index in [0.717, 1.165) is 30.2 Å². The summed E-state index contributed by atoms with van der Waals surface area (Å²) in [5.74, 6) is 0.646. The van der Waals surface area contributed by atoms with Crippen LogP contribution in [0.3, 0.4) is 0 Å². The van der Waals surface area contributed by atoms with Gasteiger partial charge >= 0.3 is 0 Å². The van der Waals surface area contributed by atoms with E-state index in [1.165, 1.54) is 12.0 Å². The SMILES string of the molecule is Cc1ccc(CN2CCC(C)C(N)C2)cc1Cl. The Morgan fingerprint density at radius 3 is 2.88 bits per heavy atom. The monoisotopic (exact) mass is 252 g/mol. The van der Waals surface area contributed by atoms with Gasteiger partial charge in [0.2, 0.25) is 0 Å². The Balaban J connectivity index is 1.99. The summed E-state index contributed by atoms with van der Waals surface area (Å²) >= 11 is 6.14. The quantitative estimate of drug-likeness (QED) is 0.877. The van der Waals surface area contributed by atoms with E-state index in [0.29, 0.717) is 12.0 Å². The van der Waals surface area contributed by atoms with Crippen LogP contribution in [-0.2, 0) is 6.54 Å². The first-order chi connectivity index (χ1) is 8.06. The number of hydrogen-bond acceptors (Lipinski definition) is 2. The zero-order chi connectivity index (χ0) is 12.4. The number of hydrogen-bond donors (Lipinski definition) is 1. The third-order valence-electron chi connectivity index (χ3n) is 3.74. The van der Waals surface area contributed by atoms with Crippen molar-refractivity contribution in [3.8, 4) is 0 Å². The molecule has 0 saturated carbocycles. The molecule has 1 aromatic rings. The molecule has 2 rings (SSSR count). The molecule has 0 spiro atoms. The van der Waals surface area contributed by atoms with E-state index in [-0.39, 0.29) is 0 Å². The molecule has 2 atom stereocenters. The average Bonchev–Trinajstić information content (AvgIpc) is 2.29. The van der Waals surface area contributed by atoms with E-state index in [2.05, 4.69) is 30.0 Å². The van der Waals surface area contributed by atoms with Crippen molar-refractivity contribution in [2.75, 3.05) is 13.1 Å². The number of benzene rings is 1. The molecule has 0 radical (unpaired) electrons. The van der Waals surface area contributed by atoms with Crippen molar-refractivity contribution in [3.63, 3.8) is 0 Å². The molecule has 0 aromatic heterocycles. The van der Waals surface area contributed by atoms with Gasteiger partial charge in [-0.1, -0.05) is 30.7 Å². The lowest BCUT2D eigenvalue weighted by molar-refractivity contribution is 0.162. The summed E-state index contributed by atoms with van der Waals surface area (Å²) in [6.07, 6.45) is 1.20. The summed E-state index contributed by atoms with van der Waals surface area (Å²) in [7, 11) is 0. The molecule has 2 N–H and O–H groups in total. The standard InChI is InChI=1S/C14H21ClN2/c1-10-3-4-12(7-13(10)15)8-17-6-5-11(2)14(16)9-17/h3-4,7,11,14H,5-6,8-9,16H2,1-2H3. The smallest absolute Gasteiger partial charge is 0.0438 e. The van der Waals surface area contributed by atoms with Crippen LogP contribution >= 0.6 is 11.6 Å². The highest BCUT2D eigenvalue weighted by Crippen LogP contribution is 2.21. The predicted octanol–water partition coefficient (Wildman–Crippen LogP) is 2.82. The van der Waals surface area contributed by atoms with Gasteiger partial charge < -0.3 is 5.73 Å². The fraction of sp³-hybridized carbons (Fsp3) is 0.571. The van der Waals surface area contributed by atoms with Crippen molar-refractivity contribution >= 4 is 11.6 Å². The number of piperidine rings is 1. The second kappa shape index (κ2) is 5.38. The Bertz CT molecular complexity index is 392. The van der Waals surface area contributed by atoms with Crippen molar-refractivity contribution in [3.05, 3.63) is 34.3 Å². The summed E-state index contributed by atoms with van der Waals surface area (Å²) in [4.78, 5) is 2.42. The molecule has 17 heavy (non-hydrogen) atoms. The van der Waals surface area contributed by atoms with Gasteiger partial charge in [-0.3, -0.25) is 4.90 Å². The minimum atomic E-state index is 0.310.